The fourth-order valence-corrected chi connectivity index (χ4v) is 10.0. The first-order valence-electron chi connectivity index (χ1n) is 18.6. The fourth-order valence-electron chi connectivity index (χ4n) is 10.0. The van der Waals surface area contributed by atoms with Crippen LogP contribution in [-0.2, 0) is 5.41 Å². The van der Waals surface area contributed by atoms with Crippen LogP contribution in [0.4, 0.5) is 0 Å². The molecule has 1 spiro atoms. The van der Waals surface area contributed by atoms with Crippen LogP contribution in [0.2, 0.25) is 0 Å². The first-order chi connectivity index (χ1) is 26.3. The summed E-state index contributed by atoms with van der Waals surface area (Å²) in [7, 11) is 0. The van der Waals surface area contributed by atoms with Crippen molar-refractivity contribution in [3.63, 3.8) is 0 Å². The minimum Gasteiger partial charge on any atom is -0.0622 e. The third-order valence-corrected chi connectivity index (χ3v) is 12.2. The fraction of sp³-hybridized carbons (Fsp3) is 0.0189. The summed E-state index contributed by atoms with van der Waals surface area (Å²) in [4.78, 5) is 0. The lowest BCUT2D eigenvalue weighted by atomic mass is 9.68. The van der Waals surface area contributed by atoms with E-state index >= 15 is 0 Å². The molecule has 0 N–H and O–H groups in total. The van der Waals surface area contributed by atoms with Gasteiger partial charge in [0.2, 0.25) is 0 Å². The Morgan fingerprint density at radius 2 is 0.849 bits per heavy atom. The zero-order chi connectivity index (χ0) is 34.7. The molecule has 0 aromatic heterocycles. The van der Waals surface area contributed by atoms with Crippen LogP contribution in [0, 0.1) is 0 Å². The Morgan fingerprint density at radius 3 is 1.64 bits per heavy atom. The third kappa shape index (κ3) is 3.80. The van der Waals surface area contributed by atoms with E-state index in [1.54, 1.807) is 0 Å². The van der Waals surface area contributed by atoms with Crippen LogP contribution < -0.4 is 0 Å². The van der Waals surface area contributed by atoms with Crippen LogP contribution >= 0.6 is 0 Å². The highest BCUT2D eigenvalue weighted by Gasteiger charge is 2.53. The summed E-state index contributed by atoms with van der Waals surface area (Å²) in [6.07, 6.45) is 0. The molecule has 0 saturated carbocycles. The highest BCUT2D eigenvalue weighted by molar-refractivity contribution is 6.26. The number of fused-ring (bicyclic) bond motifs is 18. The van der Waals surface area contributed by atoms with Gasteiger partial charge in [-0.3, -0.25) is 0 Å². The van der Waals surface area contributed by atoms with E-state index in [0.717, 1.165) is 0 Å². The Bertz CT molecular complexity index is 3170. The molecule has 244 valence electrons. The molecule has 2 aliphatic rings. The SMILES string of the molecule is c1ccc(-c2ccc3c(c2)C2(c4cc(-c5ccc6ccccc6c5)ccc4-3)c3ccccc3-c3c2c2c4ccccc4ccc2c2ccccc32)cc1. The second-order valence-corrected chi connectivity index (χ2v) is 14.7. The van der Waals surface area contributed by atoms with Crippen LogP contribution in [0.25, 0.3) is 87.6 Å². The van der Waals surface area contributed by atoms with Crippen molar-refractivity contribution in [2.45, 2.75) is 5.41 Å². The van der Waals surface area contributed by atoms with E-state index in [2.05, 4.69) is 194 Å². The molecule has 12 rings (SSSR count). The van der Waals surface area contributed by atoms with Gasteiger partial charge in [-0.05, 0) is 128 Å². The lowest BCUT2D eigenvalue weighted by Crippen LogP contribution is -2.26. The van der Waals surface area contributed by atoms with Crippen molar-refractivity contribution < 1.29 is 0 Å². The van der Waals surface area contributed by atoms with Gasteiger partial charge in [0.1, 0.15) is 0 Å². The number of hydrogen-bond acceptors (Lipinski definition) is 0. The highest BCUT2D eigenvalue weighted by Crippen LogP contribution is 2.66. The quantitative estimate of drug-likeness (QED) is 0.161. The third-order valence-electron chi connectivity index (χ3n) is 12.2. The largest absolute Gasteiger partial charge is 0.0732 e. The van der Waals surface area contributed by atoms with Gasteiger partial charge in [-0.25, -0.2) is 0 Å². The standard InChI is InChI=1S/C53H32/c1-2-12-33(13-3-1)38-25-27-42-43-28-26-39(37-23-22-34-14-4-5-16-36(34)30-37)32-49(43)53(48(42)31-38)47-21-11-10-20-46(47)51-44-19-9-8-18-41(44)45-29-24-35-15-6-7-17-40(35)50(45)52(51)53/h1-32H. The van der Waals surface area contributed by atoms with Gasteiger partial charge in [0, 0.05) is 0 Å². The van der Waals surface area contributed by atoms with Crippen LogP contribution in [0.15, 0.2) is 194 Å². The number of benzene rings is 10. The van der Waals surface area contributed by atoms with Crippen molar-refractivity contribution >= 4 is 43.1 Å². The molecule has 0 bridgehead atoms. The van der Waals surface area contributed by atoms with E-state index in [1.165, 1.54) is 110 Å². The predicted molar refractivity (Wildman–Crippen MR) is 224 cm³/mol. The molecular formula is C53H32. The highest BCUT2D eigenvalue weighted by atomic mass is 14.5. The summed E-state index contributed by atoms with van der Waals surface area (Å²) >= 11 is 0. The van der Waals surface area contributed by atoms with Crippen molar-refractivity contribution in [3.8, 4) is 44.5 Å². The first kappa shape index (κ1) is 28.9. The Balaban J connectivity index is 1.29. The predicted octanol–water partition coefficient (Wildman–Crippen LogP) is 14.0. The van der Waals surface area contributed by atoms with Crippen molar-refractivity contribution in [1.82, 2.24) is 0 Å². The summed E-state index contributed by atoms with van der Waals surface area (Å²) < 4.78 is 0. The molecule has 0 fully saturated rings. The summed E-state index contributed by atoms with van der Waals surface area (Å²) in [5.41, 5.74) is 15.2. The monoisotopic (exact) mass is 668 g/mol. The molecule has 0 radical (unpaired) electrons. The Hall–Kier alpha value is -6.76. The second-order valence-electron chi connectivity index (χ2n) is 14.7. The summed E-state index contributed by atoms with van der Waals surface area (Å²) in [6, 6.07) is 73.0. The maximum Gasteiger partial charge on any atom is 0.0732 e. The van der Waals surface area contributed by atoms with E-state index < -0.39 is 5.41 Å². The molecule has 0 heteroatoms. The van der Waals surface area contributed by atoms with Crippen LogP contribution in [0.5, 0.6) is 0 Å². The van der Waals surface area contributed by atoms with Gasteiger partial charge < -0.3 is 0 Å². The van der Waals surface area contributed by atoms with E-state index in [0.29, 0.717) is 0 Å². The van der Waals surface area contributed by atoms with Gasteiger partial charge in [0.05, 0.1) is 5.41 Å². The smallest absolute Gasteiger partial charge is 0.0622 e. The van der Waals surface area contributed by atoms with Crippen molar-refractivity contribution in [2.75, 3.05) is 0 Å². The van der Waals surface area contributed by atoms with E-state index in [-0.39, 0.29) is 0 Å². The van der Waals surface area contributed by atoms with Crippen LogP contribution in [0.1, 0.15) is 22.3 Å². The van der Waals surface area contributed by atoms with E-state index in [4.69, 9.17) is 0 Å². The average Bonchev–Trinajstić information content (AvgIpc) is 3.70. The van der Waals surface area contributed by atoms with Gasteiger partial charge in [-0.1, -0.05) is 176 Å². The molecule has 10 aromatic carbocycles. The molecule has 2 aliphatic carbocycles. The maximum absolute atomic E-state index is 2.53. The lowest BCUT2D eigenvalue weighted by Gasteiger charge is -2.33. The van der Waals surface area contributed by atoms with Crippen LogP contribution in [0.3, 0.4) is 0 Å². The minimum absolute atomic E-state index is 0.541. The lowest BCUT2D eigenvalue weighted by molar-refractivity contribution is 0.803. The first-order valence-corrected chi connectivity index (χ1v) is 18.6. The zero-order valence-corrected chi connectivity index (χ0v) is 29.0. The molecule has 1 atom stereocenters. The van der Waals surface area contributed by atoms with Gasteiger partial charge in [0.25, 0.3) is 0 Å². The second kappa shape index (κ2) is 10.6. The molecule has 0 nitrogen and oxygen atoms in total. The van der Waals surface area contributed by atoms with Gasteiger partial charge in [0.15, 0.2) is 0 Å². The van der Waals surface area contributed by atoms with Crippen molar-refractivity contribution in [3.05, 3.63) is 216 Å². The summed E-state index contributed by atoms with van der Waals surface area (Å²) in [5.74, 6) is 0. The van der Waals surface area contributed by atoms with Gasteiger partial charge in [-0.15, -0.1) is 0 Å². The summed E-state index contributed by atoms with van der Waals surface area (Å²) in [5, 5.41) is 10.4. The van der Waals surface area contributed by atoms with Gasteiger partial charge in [-0.2, -0.15) is 0 Å². The molecule has 0 aliphatic heterocycles. The molecule has 0 saturated heterocycles. The average molecular weight is 669 g/mol. The molecule has 10 aromatic rings. The van der Waals surface area contributed by atoms with E-state index in [9.17, 15) is 0 Å². The molecule has 1 unspecified atom stereocenters. The Kier molecular flexibility index (Phi) is 5.80. The molecule has 0 heterocycles. The Labute approximate surface area is 308 Å². The normalized spacial score (nSPS) is 15.2. The topological polar surface area (TPSA) is 0 Å². The molecule has 53 heavy (non-hydrogen) atoms. The molecule has 0 amide bonds. The Morgan fingerprint density at radius 1 is 0.283 bits per heavy atom. The van der Waals surface area contributed by atoms with Crippen LogP contribution in [-0.4, -0.2) is 0 Å². The number of hydrogen-bond donors (Lipinski definition) is 0. The van der Waals surface area contributed by atoms with E-state index in [1.807, 2.05) is 0 Å². The van der Waals surface area contributed by atoms with Crippen molar-refractivity contribution in [2.24, 2.45) is 0 Å². The zero-order valence-electron chi connectivity index (χ0n) is 29.0. The number of rotatable bonds is 2. The molecular weight excluding hydrogens is 637 g/mol. The minimum atomic E-state index is -0.541. The van der Waals surface area contributed by atoms with Crippen molar-refractivity contribution in [1.29, 1.82) is 0 Å². The van der Waals surface area contributed by atoms with Gasteiger partial charge >= 0.3 is 0 Å². The summed E-state index contributed by atoms with van der Waals surface area (Å²) in [6.45, 7) is 0. The maximum atomic E-state index is 2.53.